The average Bonchev–Trinajstić information content (AvgIpc) is 3.04. The highest BCUT2D eigenvalue weighted by Gasteiger charge is 2.07. The van der Waals surface area contributed by atoms with Crippen LogP contribution < -0.4 is 10.2 Å². The first-order chi connectivity index (χ1) is 12.2. The number of para-hydroxylation sites is 3. The zero-order valence-electron chi connectivity index (χ0n) is 13.4. The summed E-state index contributed by atoms with van der Waals surface area (Å²) in [6.07, 6.45) is 1.36. The van der Waals surface area contributed by atoms with Crippen LogP contribution in [0.2, 0.25) is 0 Å². The van der Waals surface area contributed by atoms with E-state index >= 15 is 0 Å². The van der Waals surface area contributed by atoms with E-state index in [4.69, 9.17) is 4.74 Å². The van der Waals surface area contributed by atoms with Crippen molar-refractivity contribution in [1.29, 1.82) is 0 Å². The Balaban J connectivity index is 1.54. The third kappa shape index (κ3) is 4.10. The summed E-state index contributed by atoms with van der Waals surface area (Å²) in [4.78, 5) is 19.4. The number of hydrogen-bond donors (Lipinski definition) is 3. The van der Waals surface area contributed by atoms with Crippen LogP contribution in [0.4, 0.5) is 0 Å². The fourth-order valence-corrected chi connectivity index (χ4v) is 2.82. The minimum Gasteiger partial charge on any atom is -0.504 e. The molecule has 0 saturated carbocycles. The molecular formula is C17H16N4O3S. The number of hydrazone groups is 1. The van der Waals surface area contributed by atoms with Crippen molar-refractivity contribution in [3.05, 3.63) is 48.0 Å². The molecule has 0 saturated heterocycles. The average molecular weight is 356 g/mol. The highest BCUT2D eigenvalue weighted by Crippen LogP contribution is 2.27. The summed E-state index contributed by atoms with van der Waals surface area (Å²) >= 11 is 1.29. The topological polar surface area (TPSA) is 99.6 Å². The number of carbonyl (C=O) groups excluding carboxylic acids is 1. The molecule has 0 aliphatic rings. The molecule has 2 aromatic carbocycles. The molecule has 8 heteroatoms. The van der Waals surface area contributed by atoms with Crippen LogP contribution in [-0.2, 0) is 4.79 Å². The van der Waals surface area contributed by atoms with Gasteiger partial charge in [-0.3, -0.25) is 4.79 Å². The Labute approximate surface area is 148 Å². The number of fused-ring (bicyclic) bond motifs is 1. The number of carbonyl (C=O) groups is 1. The number of hydrogen-bond acceptors (Lipinski definition) is 6. The Bertz CT molecular complexity index is 890. The van der Waals surface area contributed by atoms with Gasteiger partial charge in [-0.1, -0.05) is 30.0 Å². The van der Waals surface area contributed by atoms with Gasteiger partial charge in [-0.05, 0) is 24.3 Å². The second-order valence-corrected chi connectivity index (χ2v) is 6.00. The second kappa shape index (κ2) is 7.71. The Morgan fingerprint density at radius 1 is 1.36 bits per heavy atom. The SMILES string of the molecule is COc1cccc(/C=N\NC(=O)CSc2nc3ccccc3[nH]2)c1O. The van der Waals surface area contributed by atoms with E-state index in [-0.39, 0.29) is 17.4 Å². The minimum absolute atomic E-state index is 0.0281. The lowest BCUT2D eigenvalue weighted by Gasteiger charge is -2.04. The Morgan fingerprint density at radius 3 is 3.00 bits per heavy atom. The number of benzene rings is 2. The number of aromatic amines is 1. The largest absolute Gasteiger partial charge is 0.504 e. The van der Waals surface area contributed by atoms with Crippen LogP contribution in [-0.4, -0.2) is 40.1 Å². The number of nitrogens with one attached hydrogen (secondary N) is 2. The highest BCUT2D eigenvalue weighted by molar-refractivity contribution is 7.99. The van der Waals surface area contributed by atoms with Crippen LogP contribution in [0.1, 0.15) is 5.56 Å². The van der Waals surface area contributed by atoms with Crippen molar-refractivity contribution in [1.82, 2.24) is 15.4 Å². The van der Waals surface area contributed by atoms with Gasteiger partial charge in [-0.25, -0.2) is 10.4 Å². The van der Waals surface area contributed by atoms with Crippen molar-refractivity contribution in [2.24, 2.45) is 5.10 Å². The number of amides is 1. The molecule has 1 aromatic heterocycles. The van der Waals surface area contributed by atoms with Crippen molar-refractivity contribution in [3.8, 4) is 11.5 Å². The van der Waals surface area contributed by atoms with Gasteiger partial charge in [0, 0.05) is 5.56 Å². The number of aromatic nitrogens is 2. The Hall–Kier alpha value is -3.00. The summed E-state index contributed by atoms with van der Waals surface area (Å²) in [6.45, 7) is 0. The molecule has 0 bridgehead atoms. The third-order valence-corrected chi connectivity index (χ3v) is 4.22. The van der Waals surface area contributed by atoms with Crippen molar-refractivity contribution >= 4 is 34.9 Å². The van der Waals surface area contributed by atoms with Gasteiger partial charge in [0.05, 0.1) is 30.1 Å². The lowest BCUT2D eigenvalue weighted by Crippen LogP contribution is -2.19. The first kappa shape index (κ1) is 16.8. The number of ether oxygens (including phenoxy) is 1. The summed E-state index contributed by atoms with van der Waals surface area (Å²) in [7, 11) is 1.47. The minimum atomic E-state index is -0.274. The number of imidazole rings is 1. The molecule has 0 spiro atoms. The van der Waals surface area contributed by atoms with Crippen molar-refractivity contribution in [3.63, 3.8) is 0 Å². The summed E-state index contributed by atoms with van der Waals surface area (Å²) in [5.41, 5.74) is 4.65. The maximum atomic E-state index is 11.9. The molecule has 3 aromatic rings. The molecule has 0 aliphatic heterocycles. The third-order valence-electron chi connectivity index (χ3n) is 3.35. The Morgan fingerprint density at radius 2 is 2.20 bits per heavy atom. The smallest absolute Gasteiger partial charge is 0.250 e. The lowest BCUT2D eigenvalue weighted by atomic mass is 10.2. The van der Waals surface area contributed by atoms with E-state index in [0.29, 0.717) is 16.5 Å². The van der Waals surface area contributed by atoms with Crippen LogP contribution in [0.15, 0.2) is 52.7 Å². The number of phenolic OH excluding ortho intramolecular Hbond substituents is 1. The predicted octanol–water partition coefficient (Wildman–Crippen LogP) is 2.52. The van der Waals surface area contributed by atoms with Gasteiger partial charge in [-0.2, -0.15) is 5.10 Å². The number of thioether (sulfide) groups is 1. The standard InChI is InChI=1S/C17H16N4O3S/c1-24-14-8-4-5-11(16(14)23)9-18-21-15(22)10-25-17-19-12-6-2-3-7-13(12)20-17/h2-9,23H,10H2,1H3,(H,19,20)(H,21,22)/b18-9-. The molecule has 0 aliphatic carbocycles. The van der Waals surface area contributed by atoms with E-state index in [2.05, 4.69) is 20.5 Å². The number of phenols is 1. The van der Waals surface area contributed by atoms with E-state index in [1.807, 2.05) is 24.3 Å². The molecule has 7 nitrogen and oxygen atoms in total. The fraction of sp³-hybridized carbons (Fsp3) is 0.118. The zero-order chi connectivity index (χ0) is 17.6. The van der Waals surface area contributed by atoms with Gasteiger partial charge < -0.3 is 14.8 Å². The molecule has 0 atom stereocenters. The van der Waals surface area contributed by atoms with E-state index < -0.39 is 0 Å². The number of aromatic hydroxyl groups is 1. The first-order valence-electron chi connectivity index (χ1n) is 7.43. The molecule has 0 unspecified atom stereocenters. The predicted molar refractivity (Wildman–Crippen MR) is 97.2 cm³/mol. The molecule has 1 amide bonds. The van der Waals surface area contributed by atoms with Crippen molar-refractivity contribution in [2.75, 3.05) is 12.9 Å². The second-order valence-electron chi connectivity index (χ2n) is 5.04. The highest BCUT2D eigenvalue weighted by atomic mass is 32.2. The summed E-state index contributed by atoms with van der Waals surface area (Å²) in [5.74, 6) is 0.209. The first-order valence-corrected chi connectivity index (χ1v) is 8.41. The molecule has 0 radical (unpaired) electrons. The van der Waals surface area contributed by atoms with Gasteiger partial charge in [-0.15, -0.1) is 0 Å². The van der Waals surface area contributed by atoms with Gasteiger partial charge in [0.25, 0.3) is 5.91 Å². The molecule has 25 heavy (non-hydrogen) atoms. The number of methoxy groups -OCH3 is 1. The number of nitrogens with zero attached hydrogens (tertiary/aromatic N) is 2. The Kier molecular flexibility index (Phi) is 5.20. The molecule has 1 heterocycles. The van der Waals surface area contributed by atoms with Gasteiger partial charge >= 0.3 is 0 Å². The lowest BCUT2D eigenvalue weighted by molar-refractivity contribution is -0.118. The molecule has 0 fully saturated rings. The van der Waals surface area contributed by atoms with Crippen LogP contribution in [0.25, 0.3) is 11.0 Å². The monoisotopic (exact) mass is 356 g/mol. The fourth-order valence-electron chi connectivity index (χ4n) is 2.15. The van der Waals surface area contributed by atoms with E-state index in [1.54, 1.807) is 18.2 Å². The summed E-state index contributed by atoms with van der Waals surface area (Å²) in [6, 6.07) is 12.7. The van der Waals surface area contributed by atoms with Gasteiger partial charge in [0.2, 0.25) is 0 Å². The van der Waals surface area contributed by atoms with E-state index in [9.17, 15) is 9.90 Å². The molecule has 3 N–H and O–H groups in total. The van der Waals surface area contributed by atoms with Crippen molar-refractivity contribution in [2.45, 2.75) is 5.16 Å². The number of H-pyrrole nitrogens is 1. The van der Waals surface area contributed by atoms with E-state index in [1.165, 1.54) is 25.1 Å². The maximum absolute atomic E-state index is 11.9. The normalized spacial score (nSPS) is 11.1. The molecular weight excluding hydrogens is 340 g/mol. The van der Waals surface area contributed by atoms with Crippen LogP contribution >= 0.6 is 11.8 Å². The molecule has 3 rings (SSSR count). The summed E-state index contributed by atoms with van der Waals surface area (Å²) < 4.78 is 5.01. The summed E-state index contributed by atoms with van der Waals surface area (Å²) in [5, 5.41) is 14.5. The number of rotatable bonds is 6. The molecule has 128 valence electrons. The van der Waals surface area contributed by atoms with E-state index in [0.717, 1.165) is 11.0 Å². The van der Waals surface area contributed by atoms with Crippen LogP contribution in [0, 0.1) is 0 Å². The zero-order valence-corrected chi connectivity index (χ0v) is 14.2. The van der Waals surface area contributed by atoms with Gasteiger partial charge in [0.1, 0.15) is 0 Å². The quantitative estimate of drug-likeness (QED) is 0.358. The maximum Gasteiger partial charge on any atom is 0.250 e. The van der Waals surface area contributed by atoms with Crippen molar-refractivity contribution < 1.29 is 14.6 Å². The van der Waals surface area contributed by atoms with Gasteiger partial charge in [0.15, 0.2) is 16.7 Å². The van der Waals surface area contributed by atoms with Crippen LogP contribution in [0.5, 0.6) is 11.5 Å². The van der Waals surface area contributed by atoms with Crippen LogP contribution in [0.3, 0.4) is 0 Å².